The Kier molecular flexibility index (Phi) is 4.96. The van der Waals surface area contributed by atoms with E-state index in [-0.39, 0.29) is 12.5 Å². The minimum atomic E-state index is -0.0202. The van der Waals surface area contributed by atoms with Crippen LogP contribution in [-0.4, -0.2) is 52.5 Å². The Morgan fingerprint density at radius 1 is 1.03 bits per heavy atom. The molecule has 150 valence electrons. The average molecular weight is 390 g/mol. The van der Waals surface area contributed by atoms with Gasteiger partial charge in [0.25, 0.3) is 0 Å². The first-order chi connectivity index (χ1) is 13.8. The lowest BCUT2D eigenvalue weighted by molar-refractivity contribution is -0.121. The summed E-state index contributed by atoms with van der Waals surface area (Å²) in [6.45, 7) is 7.89. The second-order valence-electron chi connectivity index (χ2n) is 8.08. The Balaban J connectivity index is 1.85. The van der Waals surface area contributed by atoms with Gasteiger partial charge in [-0.05, 0) is 70.3 Å². The zero-order valence-electron chi connectivity index (χ0n) is 17.7. The third-order valence-corrected chi connectivity index (χ3v) is 5.40. The van der Waals surface area contributed by atoms with E-state index in [4.69, 9.17) is 9.97 Å². The normalized spacial score (nSPS) is 11.8. The van der Waals surface area contributed by atoms with Crippen molar-refractivity contribution < 1.29 is 4.79 Å². The number of amides is 1. The summed E-state index contributed by atoms with van der Waals surface area (Å²) in [5.41, 5.74) is 7.87. The van der Waals surface area contributed by atoms with Crippen molar-refractivity contribution in [2.75, 3.05) is 27.2 Å². The van der Waals surface area contributed by atoms with E-state index in [1.807, 2.05) is 23.6 Å². The van der Waals surface area contributed by atoms with Gasteiger partial charge in [0, 0.05) is 18.5 Å². The number of aryl methyl sites for hydroxylation is 3. The van der Waals surface area contributed by atoms with E-state index in [2.05, 4.69) is 56.4 Å². The fourth-order valence-electron chi connectivity index (χ4n) is 3.64. The molecule has 2 heterocycles. The van der Waals surface area contributed by atoms with Crippen molar-refractivity contribution in [3.63, 3.8) is 0 Å². The molecule has 6 nitrogen and oxygen atoms in total. The SMILES string of the molecule is Cc1ccc2c(c1)c1nc3cc(C)c(C)cc3nc1n2CC(=O)NCCN(C)C. The summed E-state index contributed by atoms with van der Waals surface area (Å²) in [4.78, 5) is 24.5. The molecule has 0 unspecified atom stereocenters. The van der Waals surface area contributed by atoms with Gasteiger partial charge in [-0.1, -0.05) is 11.6 Å². The Morgan fingerprint density at radius 3 is 2.41 bits per heavy atom. The molecule has 0 fully saturated rings. The van der Waals surface area contributed by atoms with Crippen molar-refractivity contribution in [2.24, 2.45) is 0 Å². The zero-order chi connectivity index (χ0) is 20.7. The predicted molar refractivity (Wildman–Crippen MR) is 118 cm³/mol. The Hall–Kier alpha value is -2.99. The first-order valence-electron chi connectivity index (χ1n) is 9.92. The summed E-state index contributed by atoms with van der Waals surface area (Å²) in [6.07, 6.45) is 0. The van der Waals surface area contributed by atoms with Crippen LogP contribution in [0.3, 0.4) is 0 Å². The maximum atomic E-state index is 12.6. The topological polar surface area (TPSA) is 63.1 Å². The van der Waals surface area contributed by atoms with Gasteiger partial charge in [0.05, 0.1) is 16.6 Å². The number of likely N-dealkylation sites (N-methyl/N-ethyl adjacent to an activating group) is 1. The van der Waals surface area contributed by atoms with Crippen molar-refractivity contribution in [1.82, 2.24) is 24.8 Å². The first-order valence-corrected chi connectivity index (χ1v) is 9.92. The fraction of sp³-hybridized carbons (Fsp3) is 0.348. The summed E-state index contributed by atoms with van der Waals surface area (Å²) >= 11 is 0. The molecule has 1 amide bonds. The minimum Gasteiger partial charge on any atom is -0.353 e. The molecule has 6 heteroatoms. The van der Waals surface area contributed by atoms with Crippen molar-refractivity contribution in [3.05, 3.63) is 47.0 Å². The Bertz CT molecular complexity index is 1240. The van der Waals surface area contributed by atoms with Crippen molar-refractivity contribution in [2.45, 2.75) is 27.3 Å². The molecule has 0 aliphatic rings. The van der Waals surface area contributed by atoms with Crippen LogP contribution in [0.15, 0.2) is 30.3 Å². The molecule has 0 saturated heterocycles. The van der Waals surface area contributed by atoms with Crippen molar-refractivity contribution >= 4 is 39.0 Å². The van der Waals surface area contributed by atoms with E-state index in [1.54, 1.807) is 0 Å². The number of fused-ring (bicyclic) bond motifs is 4. The van der Waals surface area contributed by atoms with E-state index < -0.39 is 0 Å². The molecule has 0 radical (unpaired) electrons. The van der Waals surface area contributed by atoms with Crippen LogP contribution >= 0.6 is 0 Å². The highest BCUT2D eigenvalue weighted by atomic mass is 16.1. The second kappa shape index (κ2) is 7.44. The molecule has 4 aromatic rings. The standard InChI is InChI=1S/C23H27N5O/c1-14-6-7-20-17(10-14)22-23(28(20)13-21(29)24-8-9-27(4)5)26-19-12-16(3)15(2)11-18(19)25-22/h6-7,10-12H,8-9,13H2,1-5H3,(H,24,29). The number of carbonyl (C=O) groups excluding carboxylic acids is 1. The number of aromatic nitrogens is 3. The van der Waals surface area contributed by atoms with E-state index in [9.17, 15) is 4.79 Å². The highest BCUT2D eigenvalue weighted by molar-refractivity contribution is 6.07. The van der Waals surface area contributed by atoms with E-state index in [0.29, 0.717) is 6.54 Å². The van der Waals surface area contributed by atoms with Crippen LogP contribution in [0.2, 0.25) is 0 Å². The van der Waals surface area contributed by atoms with Gasteiger partial charge < -0.3 is 14.8 Å². The van der Waals surface area contributed by atoms with Crippen LogP contribution in [0.25, 0.3) is 33.1 Å². The fourth-order valence-corrected chi connectivity index (χ4v) is 3.64. The summed E-state index contributed by atoms with van der Waals surface area (Å²) in [5.74, 6) is -0.0202. The van der Waals surface area contributed by atoms with Gasteiger partial charge in [-0.25, -0.2) is 9.97 Å². The van der Waals surface area contributed by atoms with E-state index >= 15 is 0 Å². The van der Waals surface area contributed by atoms with Gasteiger partial charge >= 0.3 is 0 Å². The number of hydrogen-bond donors (Lipinski definition) is 1. The zero-order valence-corrected chi connectivity index (χ0v) is 17.7. The minimum absolute atomic E-state index is 0.0202. The largest absolute Gasteiger partial charge is 0.353 e. The summed E-state index contributed by atoms with van der Waals surface area (Å²) in [6, 6.07) is 10.4. The van der Waals surface area contributed by atoms with Crippen LogP contribution in [0.4, 0.5) is 0 Å². The molecule has 1 N–H and O–H groups in total. The maximum Gasteiger partial charge on any atom is 0.240 e. The molecule has 0 aliphatic carbocycles. The highest BCUT2D eigenvalue weighted by Crippen LogP contribution is 2.29. The molecular weight excluding hydrogens is 362 g/mol. The summed E-state index contributed by atoms with van der Waals surface area (Å²) in [5, 5.41) is 4.03. The predicted octanol–water partition coefficient (Wildman–Crippen LogP) is 3.34. The number of carbonyl (C=O) groups is 1. The molecule has 0 atom stereocenters. The lowest BCUT2D eigenvalue weighted by Gasteiger charge is -2.11. The number of nitrogens with one attached hydrogen (secondary N) is 1. The van der Waals surface area contributed by atoms with Gasteiger partial charge in [-0.15, -0.1) is 0 Å². The monoisotopic (exact) mass is 389 g/mol. The molecule has 0 spiro atoms. The van der Waals surface area contributed by atoms with Gasteiger partial charge in [-0.2, -0.15) is 0 Å². The lowest BCUT2D eigenvalue weighted by Crippen LogP contribution is -2.33. The molecule has 0 bridgehead atoms. The number of rotatable bonds is 5. The number of hydrogen-bond acceptors (Lipinski definition) is 4. The molecule has 29 heavy (non-hydrogen) atoms. The molecule has 4 rings (SSSR count). The molecule has 0 aliphatic heterocycles. The third-order valence-electron chi connectivity index (χ3n) is 5.40. The molecule has 0 saturated carbocycles. The van der Waals surface area contributed by atoms with Gasteiger partial charge in [0.2, 0.25) is 5.91 Å². The summed E-state index contributed by atoms with van der Waals surface area (Å²) in [7, 11) is 3.98. The quantitative estimate of drug-likeness (QED) is 0.569. The van der Waals surface area contributed by atoms with Crippen LogP contribution in [0.5, 0.6) is 0 Å². The number of nitrogens with zero attached hydrogens (tertiary/aromatic N) is 4. The second-order valence-corrected chi connectivity index (χ2v) is 8.08. The highest BCUT2D eigenvalue weighted by Gasteiger charge is 2.17. The first kappa shape index (κ1) is 19.3. The molecular formula is C23H27N5O. The van der Waals surface area contributed by atoms with Gasteiger partial charge in [0.15, 0.2) is 5.65 Å². The maximum absolute atomic E-state index is 12.6. The van der Waals surface area contributed by atoms with Crippen LogP contribution < -0.4 is 5.32 Å². The van der Waals surface area contributed by atoms with E-state index in [0.717, 1.165) is 45.2 Å². The van der Waals surface area contributed by atoms with Crippen molar-refractivity contribution in [1.29, 1.82) is 0 Å². The Labute approximate surface area is 170 Å². The van der Waals surface area contributed by atoms with Gasteiger partial charge in [0.1, 0.15) is 12.1 Å². The summed E-state index contributed by atoms with van der Waals surface area (Å²) < 4.78 is 1.98. The van der Waals surface area contributed by atoms with Crippen LogP contribution in [0, 0.1) is 20.8 Å². The Morgan fingerprint density at radius 2 is 1.72 bits per heavy atom. The molecule has 2 aromatic heterocycles. The third kappa shape index (κ3) is 3.68. The van der Waals surface area contributed by atoms with Gasteiger partial charge in [-0.3, -0.25) is 4.79 Å². The lowest BCUT2D eigenvalue weighted by atomic mass is 10.1. The van der Waals surface area contributed by atoms with Crippen LogP contribution in [0.1, 0.15) is 16.7 Å². The van der Waals surface area contributed by atoms with E-state index in [1.165, 1.54) is 11.1 Å². The van der Waals surface area contributed by atoms with Crippen LogP contribution in [-0.2, 0) is 11.3 Å². The molecule has 2 aromatic carbocycles. The smallest absolute Gasteiger partial charge is 0.240 e. The number of benzene rings is 2. The average Bonchev–Trinajstić information content (AvgIpc) is 2.93. The van der Waals surface area contributed by atoms with Crippen molar-refractivity contribution in [3.8, 4) is 0 Å².